The summed E-state index contributed by atoms with van der Waals surface area (Å²) in [5.74, 6) is -2.07. The van der Waals surface area contributed by atoms with Crippen LogP contribution in [0.4, 0.5) is 10.1 Å². The lowest BCUT2D eigenvalue weighted by atomic mass is 10.1. The number of ether oxygens (including phenoxy) is 2. The number of halogens is 2. The maximum absolute atomic E-state index is 13.6. The Morgan fingerprint density at radius 1 is 1.13 bits per heavy atom. The monoisotopic (exact) mass is 337 g/mol. The first-order valence-electron chi connectivity index (χ1n) is 6.49. The van der Waals surface area contributed by atoms with Gasteiger partial charge >= 0.3 is 11.9 Å². The van der Waals surface area contributed by atoms with Crippen LogP contribution in [0.3, 0.4) is 0 Å². The maximum Gasteiger partial charge on any atom is 0.355 e. The van der Waals surface area contributed by atoms with Crippen LogP contribution in [0.1, 0.15) is 0 Å². The van der Waals surface area contributed by atoms with Crippen molar-refractivity contribution in [1.82, 2.24) is 0 Å². The minimum Gasteiger partial charge on any atom is -0.465 e. The summed E-state index contributed by atoms with van der Waals surface area (Å²) < 4.78 is 23.0. The maximum atomic E-state index is 13.6. The van der Waals surface area contributed by atoms with Gasteiger partial charge in [-0.15, -0.1) is 0 Å². The molecule has 0 bridgehead atoms. The van der Waals surface area contributed by atoms with Gasteiger partial charge in [-0.25, -0.2) is 14.0 Å². The summed E-state index contributed by atoms with van der Waals surface area (Å²) in [5, 5.41) is 0.198. The van der Waals surface area contributed by atoms with Crippen molar-refractivity contribution in [2.24, 2.45) is 0 Å². The zero-order valence-electron chi connectivity index (χ0n) is 12.4. The van der Waals surface area contributed by atoms with E-state index in [9.17, 15) is 14.0 Å². The molecule has 7 heteroatoms. The van der Waals surface area contributed by atoms with Gasteiger partial charge in [-0.1, -0.05) is 17.7 Å². The van der Waals surface area contributed by atoms with Gasteiger partial charge in [-0.2, -0.15) is 0 Å². The molecule has 1 aromatic rings. The standard InChI is InChI=1S/C16H13ClFNO4/c1-22-15(20)11-5-3-4-8-19(14(11)16(21)23-2)13-9-10(18)6-7-12(13)17/h3-9H,1-2H3. The highest BCUT2D eigenvalue weighted by molar-refractivity contribution is 6.33. The Bertz CT molecular complexity index is 740. The van der Waals surface area contributed by atoms with Crippen LogP contribution in [0.5, 0.6) is 0 Å². The molecule has 0 saturated carbocycles. The number of methoxy groups -OCH3 is 2. The van der Waals surface area contributed by atoms with E-state index in [1.165, 1.54) is 43.5 Å². The van der Waals surface area contributed by atoms with Crippen LogP contribution in [0.15, 0.2) is 53.9 Å². The van der Waals surface area contributed by atoms with E-state index in [0.717, 1.165) is 6.07 Å². The Hall–Kier alpha value is -2.60. The average Bonchev–Trinajstić information content (AvgIpc) is 2.78. The predicted molar refractivity (Wildman–Crippen MR) is 83.2 cm³/mol. The third-order valence-electron chi connectivity index (χ3n) is 3.06. The van der Waals surface area contributed by atoms with Crippen LogP contribution >= 0.6 is 11.6 Å². The van der Waals surface area contributed by atoms with Gasteiger partial charge in [0.1, 0.15) is 11.5 Å². The van der Waals surface area contributed by atoms with Gasteiger partial charge in [-0.05, 0) is 30.4 Å². The van der Waals surface area contributed by atoms with Crippen LogP contribution in [0.25, 0.3) is 0 Å². The highest BCUT2D eigenvalue weighted by Crippen LogP contribution is 2.32. The number of anilines is 1. The highest BCUT2D eigenvalue weighted by atomic mass is 35.5. The zero-order chi connectivity index (χ0) is 17.0. The molecule has 0 unspecified atom stereocenters. The molecule has 0 atom stereocenters. The average molecular weight is 338 g/mol. The van der Waals surface area contributed by atoms with Crippen LogP contribution in [0, 0.1) is 5.82 Å². The van der Waals surface area contributed by atoms with Gasteiger partial charge in [0.05, 0.1) is 30.5 Å². The van der Waals surface area contributed by atoms with E-state index in [1.54, 1.807) is 12.2 Å². The van der Waals surface area contributed by atoms with Crippen molar-refractivity contribution in [2.75, 3.05) is 19.1 Å². The van der Waals surface area contributed by atoms with Crippen molar-refractivity contribution in [3.05, 3.63) is 64.7 Å². The van der Waals surface area contributed by atoms with E-state index < -0.39 is 17.8 Å². The van der Waals surface area contributed by atoms with Crippen molar-refractivity contribution in [2.45, 2.75) is 0 Å². The summed E-state index contributed by atoms with van der Waals surface area (Å²) in [4.78, 5) is 25.5. The molecule has 2 rings (SSSR count). The molecule has 0 fully saturated rings. The fourth-order valence-corrected chi connectivity index (χ4v) is 2.23. The summed E-state index contributed by atoms with van der Waals surface area (Å²) in [6.45, 7) is 0. The number of esters is 2. The van der Waals surface area contributed by atoms with Gasteiger partial charge in [0.25, 0.3) is 0 Å². The van der Waals surface area contributed by atoms with Crippen molar-refractivity contribution in [3.8, 4) is 0 Å². The Morgan fingerprint density at radius 3 is 2.48 bits per heavy atom. The molecule has 0 saturated heterocycles. The Kier molecular flexibility index (Phi) is 5.18. The molecule has 1 aliphatic heterocycles. The number of allylic oxidation sites excluding steroid dienone is 2. The van der Waals surface area contributed by atoms with E-state index in [-0.39, 0.29) is 22.0 Å². The molecule has 0 radical (unpaired) electrons. The largest absolute Gasteiger partial charge is 0.465 e. The smallest absolute Gasteiger partial charge is 0.355 e. The molecule has 0 spiro atoms. The normalized spacial score (nSPS) is 13.8. The molecule has 1 aliphatic rings. The first kappa shape index (κ1) is 16.8. The molecule has 1 aromatic carbocycles. The summed E-state index contributed by atoms with van der Waals surface area (Å²) in [6.07, 6.45) is 5.99. The Labute approximate surface area is 137 Å². The number of hydrogen-bond acceptors (Lipinski definition) is 5. The van der Waals surface area contributed by atoms with Crippen LogP contribution in [-0.4, -0.2) is 26.2 Å². The first-order chi connectivity index (χ1) is 11.0. The SMILES string of the molecule is COC(=O)C1=C(C(=O)OC)N(c2cc(F)ccc2Cl)C=CC=C1. The van der Waals surface area contributed by atoms with Crippen LogP contribution in [-0.2, 0) is 19.1 Å². The molecule has 0 aliphatic carbocycles. The number of rotatable bonds is 3. The minimum absolute atomic E-state index is 0.0373. The lowest BCUT2D eigenvalue weighted by Crippen LogP contribution is -2.27. The molecule has 0 amide bonds. The predicted octanol–water partition coefficient (Wildman–Crippen LogP) is 2.97. The van der Waals surface area contributed by atoms with Gasteiger partial charge in [0.2, 0.25) is 0 Å². The molecule has 5 nitrogen and oxygen atoms in total. The van der Waals surface area contributed by atoms with Crippen LogP contribution < -0.4 is 4.90 Å². The van der Waals surface area contributed by atoms with Crippen LogP contribution in [0.2, 0.25) is 5.02 Å². The quantitative estimate of drug-likeness (QED) is 0.794. The number of carbonyl (C=O) groups excluding carboxylic acids is 2. The molecule has 0 N–H and O–H groups in total. The van der Waals surface area contributed by atoms with Gasteiger partial charge < -0.3 is 14.4 Å². The van der Waals surface area contributed by atoms with Crippen molar-refractivity contribution < 1.29 is 23.5 Å². The second kappa shape index (κ2) is 7.11. The van der Waals surface area contributed by atoms with E-state index >= 15 is 0 Å². The van der Waals surface area contributed by atoms with Gasteiger partial charge in [0, 0.05) is 6.20 Å². The van der Waals surface area contributed by atoms with Gasteiger partial charge in [-0.3, -0.25) is 0 Å². The lowest BCUT2D eigenvalue weighted by molar-refractivity contribution is -0.139. The summed E-state index contributed by atoms with van der Waals surface area (Å²) in [5.41, 5.74) is 0.0231. The van der Waals surface area contributed by atoms with E-state index in [1.807, 2.05) is 0 Å². The summed E-state index contributed by atoms with van der Waals surface area (Å²) in [6, 6.07) is 3.69. The first-order valence-corrected chi connectivity index (χ1v) is 6.87. The second-order valence-corrected chi connectivity index (χ2v) is 4.82. The molecule has 0 aromatic heterocycles. The molecular formula is C16H13ClFNO4. The number of carbonyl (C=O) groups is 2. The Morgan fingerprint density at radius 2 is 1.83 bits per heavy atom. The van der Waals surface area contributed by atoms with E-state index in [0.29, 0.717) is 0 Å². The topological polar surface area (TPSA) is 55.8 Å². The molecule has 1 heterocycles. The highest BCUT2D eigenvalue weighted by Gasteiger charge is 2.28. The number of hydrogen-bond donors (Lipinski definition) is 0. The fraction of sp³-hybridized carbons (Fsp3) is 0.125. The molecule has 23 heavy (non-hydrogen) atoms. The summed E-state index contributed by atoms with van der Waals surface area (Å²) in [7, 11) is 2.36. The minimum atomic E-state index is -0.790. The third kappa shape index (κ3) is 3.43. The van der Waals surface area contributed by atoms with E-state index in [2.05, 4.69) is 0 Å². The van der Waals surface area contributed by atoms with E-state index in [4.69, 9.17) is 21.1 Å². The van der Waals surface area contributed by atoms with Crippen molar-refractivity contribution in [1.29, 1.82) is 0 Å². The fourth-order valence-electron chi connectivity index (χ4n) is 2.02. The third-order valence-corrected chi connectivity index (χ3v) is 3.38. The van der Waals surface area contributed by atoms with Crippen molar-refractivity contribution in [3.63, 3.8) is 0 Å². The lowest BCUT2D eigenvalue weighted by Gasteiger charge is -2.24. The summed E-state index contributed by atoms with van der Waals surface area (Å²) >= 11 is 6.10. The molecular weight excluding hydrogens is 325 g/mol. The number of benzene rings is 1. The Balaban J connectivity index is 2.71. The van der Waals surface area contributed by atoms with Crippen molar-refractivity contribution >= 4 is 29.2 Å². The second-order valence-electron chi connectivity index (χ2n) is 4.41. The zero-order valence-corrected chi connectivity index (χ0v) is 13.1. The molecule has 120 valence electrons. The number of nitrogens with zero attached hydrogens (tertiary/aromatic N) is 1. The van der Waals surface area contributed by atoms with Gasteiger partial charge in [0.15, 0.2) is 0 Å².